The van der Waals surface area contributed by atoms with Gasteiger partial charge in [-0.25, -0.2) is 4.39 Å². The molecule has 2 N–H and O–H groups in total. The van der Waals surface area contributed by atoms with Gasteiger partial charge in [0.2, 0.25) is 0 Å². The van der Waals surface area contributed by atoms with Gasteiger partial charge in [-0.15, -0.1) is 11.3 Å². The van der Waals surface area contributed by atoms with E-state index in [1.165, 1.54) is 17.4 Å². The highest BCUT2D eigenvalue weighted by Gasteiger charge is 2.22. The van der Waals surface area contributed by atoms with E-state index in [1.807, 2.05) is 6.92 Å². The quantitative estimate of drug-likeness (QED) is 0.909. The number of amides is 1. The van der Waals surface area contributed by atoms with Crippen LogP contribution in [-0.4, -0.2) is 23.2 Å². The van der Waals surface area contributed by atoms with Gasteiger partial charge in [-0.2, -0.15) is 0 Å². The highest BCUT2D eigenvalue weighted by molar-refractivity contribution is 7.21. The summed E-state index contributed by atoms with van der Waals surface area (Å²) in [6.07, 6.45) is 0.549. The second-order valence-electron chi connectivity index (χ2n) is 5.20. The first-order valence-corrected chi connectivity index (χ1v) is 7.35. The van der Waals surface area contributed by atoms with E-state index in [-0.39, 0.29) is 18.3 Å². The molecule has 20 heavy (non-hydrogen) atoms. The summed E-state index contributed by atoms with van der Waals surface area (Å²) in [5.74, 6) is -0.576. The van der Waals surface area contributed by atoms with Crippen LogP contribution in [0.3, 0.4) is 0 Å². The summed E-state index contributed by atoms with van der Waals surface area (Å²) in [5, 5.41) is 13.1. The topological polar surface area (TPSA) is 49.3 Å². The summed E-state index contributed by atoms with van der Waals surface area (Å²) in [6.45, 7) is 5.45. The van der Waals surface area contributed by atoms with Gasteiger partial charge < -0.3 is 10.4 Å². The number of carbonyl (C=O) groups is 1. The zero-order valence-electron chi connectivity index (χ0n) is 11.8. The van der Waals surface area contributed by atoms with E-state index in [0.29, 0.717) is 22.2 Å². The first kappa shape index (κ1) is 14.9. The van der Waals surface area contributed by atoms with Crippen LogP contribution < -0.4 is 5.32 Å². The number of carbonyl (C=O) groups excluding carboxylic acids is 1. The fraction of sp³-hybridized carbons (Fsp3) is 0.400. The van der Waals surface area contributed by atoms with Gasteiger partial charge in [-0.3, -0.25) is 4.79 Å². The fourth-order valence-electron chi connectivity index (χ4n) is 1.95. The summed E-state index contributed by atoms with van der Waals surface area (Å²) in [4.78, 5) is 12.7. The smallest absolute Gasteiger partial charge is 0.261 e. The van der Waals surface area contributed by atoms with Crippen molar-refractivity contribution in [2.75, 3.05) is 6.54 Å². The molecule has 1 aromatic heterocycles. The van der Waals surface area contributed by atoms with Gasteiger partial charge in [0.1, 0.15) is 5.82 Å². The molecule has 1 unspecified atom stereocenters. The van der Waals surface area contributed by atoms with Crippen LogP contribution in [0.5, 0.6) is 0 Å². The van der Waals surface area contributed by atoms with Crippen LogP contribution in [0, 0.1) is 12.7 Å². The van der Waals surface area contributed by atoms with Gasteiger partial charge in [0.25, 0.3) is 5.91 Å². The molecule has 0 saturated heterocycles. The van der Waals surface area contributed by atoms with Crippen LogP contribution in [-0.2, 0) is 0 Å². The Morgan fingerprint density at radius 1 is 1.50 bits per heavy atom. The molecule has 108 valence electrons. The SMILES string of the molecule is CCC(C)(O)CNC(=O)c1sc2cccc(F)c2c1C. The zero-order valence-corrected chi connectivity index (χ0v) is 12.6. The standard InChI is InChI=1S/C15H18FNO2S/c1-4-15(3,19)8-17-14(18)13-9(2)12-10(16)6-5-7-11(12)20-13/h5-7,19H,4,8H2,1-3H3,(H,17,18). The lowest BCUT2D eigenvalue weighted by Gasteiger charge is -2.21. The van der Waals surface area contributed by atoms with E-state index in [4.69, 9.17) is 0 Å². The number of aliphatic hydroxyl groups is 1. The molecule has 1 amide bonds. The van der Waals surface area contributed by atoms with Crippen molar-refractivity contribution in [3.8, 4) is 0 Å². The summed E-state index contributed by atoms with van der Waals surface area (Å²) in [6, 6.07) is 4.83. The predicted octanol–water partition coefficient (Wildman–Crippen LogP) is 3.24. The fourth-order valence-corrected chi connectivity index (χ4v) is 3.09. The number of halogens is 1. The maximum atomic E-state index is 13.8. The number of benzene rings is 1. The Morgan fingerprint density at radius 3 is 2.80 bits per heavy atom. The molecule has 0 aliphatic heterocycles. The van der Waals surface area contributed by atoms with Gasteiger partial charge >= 0.3 is 0 Å². The molecule has 0 aliphatic rings. The maximum absolute atomic E-state index is 13.8. The van der Waals surface area contributed by atoms with Crippen molar-refractivity contribution in [2.24, 2.45) is 0 Å². The first-order valence-electron chi connectivity index (χ1n) is 6.54. The molecule has 1 heterocycles. The number of hydrogen-bond donors (Lipinski definition) is 2. The van der Waals surface area contributed by atoms with Crippen molar-refractivity contribution in [3.05, 3.63) is 34.5 Å². The summed E-state index contributed by atoms with van der Waals surface area (Å²) >= 11 is 1.27. The lowest BCUT2D eigenvalue weighted by Crippen LogP contribution is -2.40. The Kier molecular flexibility index (Phi) is 4.11. The van der Waals surface area contributed by atoms with E-state index >= 15 is 0 Å². The van der Waals surface area contributed by atoms with Crippen LogP contribution in [0.1, 0.15) is 35.5 Å². The third-order valence-electron chi connectivity index (χ3n) is 3.50. The Morgan fingerprint density at radius 2 is 2.20 bits per heavy atom. The molecular formula is C15H18FNO2S. The minimum atomic E-state index is -0.925. The summed E-state index contributed by atoms with van der Waals surface area (Å²) in [7, 11) is 0. The van der Waals surface area contributed by atoms with Crippen LogP contribution in [0.2, 0.25) is 0 Å². The van der Waals surface area contributed by atoms with Crippen molar-refractivity contribution in [1.29, 1.82) is 0 Å². The molecular weight excluding hydrogens is 277 g/mol. The van der Waals surface area contributed by atoms with Crippen molar-refractivity contribution in [1.82, 2.24) is 5.32 Å². The third kappa shape index (κ3) is 2.83. The number of aryl methyl sites for hydroxylation is 1. The molecule has 2 rings (SSSR count). The van der Waals surface area contributed by atoms with Crippen molar-refractivity contribution >= 4 is 27.3 Å². The lowest BCUT2D eigenvalue weighted by atomic mass is 10.0. The van der Waals surface area contributed by atoms with Gasteiger partial charge in [-0.1, -0.05) is 13.0 Å². The molecule has 0 bridgehead atoms. The Balaban J connectivity index is 2.27. The van der Waals surface area contributed by atoms with E-state index in [2.05, 4.69) is 5.32 Å². The largest absolute Gasteiger partial charge is 0.388 e. The Bertz CT molecular complexity index is 649. The Hall–Kier alpha value is -1.46. The molecule has 0 aliphatic carbocycles. The lowest BCUT2D eigenvalue weighted by molar-refractivity contribution is 0.0519. The van der Waals surface area contributed by atoms with Gasteiger partial charge in [0.05, 0.1) is 10.5 Å². The average molecular weight is 295 g/mol. The number of fused-ring (bicyclic) bond motifs is 1. The molecule has 0 radical (unpaired) electrons. The minimum Gasteiger partial charge on any atom is -0.388 e. The second kappa shape index (κ2) is 5.50. The third-order valence-corrected chi connectivity index (χ3v) is 4.76. The number of hydrogen-bond acceptors (Lipinski definition) is 3. The molecule has 5 heteroatoms. The second-order valence-corrected chi connectivity index (χ2v) is 6.25. The maximum Gasteiger partial charge on any atom is 0.261 e. The molecule has 0 fully saturated rings. The van der Waals surface area contributed by atoms with E-state index in [0.717, 1.165) is 4.70 Å². The van der Waals surface area contributed by atoms with Crippen LogP contribution in [0.4, 0.5) is 4.39 Å². The summed E-state index contributed by atoms with van der Waals surface area (Å²) in [5.41, 5.74) is -0.275. The van der Waals surface area contributed by atoms with Crippen LogP contribution in [0.15, 0.2) is 18.2 Å². The van der Waals surface area contributed by atoms with Crippen LogP contribution >= 0.6 is 11.3 Å². The molecule has 1 aromatic carbocycles. The molecule has 0 saturated carbocycles. The van der Waals surface area contributed by atoms with Crippen molar-refractivity contribution < 1.29 is 14.3 Å². The van der Waals surface area contributed by atoms with Crippen molar-refractivity contribution in [3.63, 3.8) is 0 Å². The van der Waals surface area contributed by atoms with Gasteiger partial charge in [0.15, 0.2) is 0 Å². The minimum absolute atomic E-state index is 0.179. The number of nitrogens with one attached hydrogen (secondary N) is 1. The van der Waals surface area contributed by atoms with E-state index in [1.54, 1.807) is 26.0 Å². The van der Waals surface area contributed by atoms with E-state index in [9.17, 15) is 14.3 Å². The molecule has 2 aromatic rings. The number of thiophene rings is 1. The molecule has 3 nitrogen and oxygen atoms in total. The van der Waals surface area contributed by atoms with Gasteiger partial charge in [0, 0.05) is 16.6 Å². The first-order chi connectivity index (χ1) is 9.35. The Labute approximate surface area is 121 Å². The summed E-state index contributed by atoms with van der Waals surface area (Å²) < 4.78 is 14.5. The predicted molar refractivity (Wildman–Crippen MR) is 79.8 cm³/mol. The highest BCUT2D eigenvalue weighted by atomic mass is 32.1. The average Bonchev–Trinajstić information content (AvgIpc) is 2.75. The normalized spacial score (nSPS) is 14.2. The zero-order chi connectivity index (χ0) is 14.9. The highest BCUT2D eigenvalue weighted by Crippen LogP contribution is 2.32. The molecule has 1 atom stereocenters. The van der Waals surface area contributed by atoms with Crippen molar-refractivity contribution in [2.45, 2.75) is 32.8 Å². The molecule has 0 spiro atoms. The van der Waals surface area contributed by atoms with Gasteiger partial charge in [-0.05, 0) is 38.0 Å². The van der Waals surface area contributed by atoms with E-state index < -0.39 is 5.60 Å². The monoisotopic (exact) mass is 295 g/mol. The number of rotatable bonds is 4. The van der Waals surface area contributed by atoms with Crippen LogP contribution in [0.25, 0.3) is 10.1 Å².